The number of ether oxygens (including phenoxy) is 1. The Kier molecular flexibility index (Phi) is 8.85. The summed E-state index contributed by atoms with van der Waals surface area (Å²) in [7, 11) is 0. The summed E-state index contributed by atoms with van der Waals surface area (Å²) in [4.78, 5) is 14.1. The van der Waals surface area contributed by atoms with Crippen LogP contribution in [0.4, 0.5) is 0 Å². The van der Waals surface area contributed by atoms with E-state index in [1.807, 2.05) is 30.3 Å². The van der Waals surface area contributed by atoms with Crippen molar-refractivity contribution in [3.05, 3.63) is 63.1 Å². The Morgan fingerprint density at radius 2 is 1.66 bits per heavy atom. The second-order valence-corrected chi connectivity index (χ2v) is 7.02. The van der Waals surface area contributed by atoms with Gasteiger partial charge in [-0.05, 0) is 11.6 Å². The Balaban J connectivity index is 0.00000300. The number of rotatable bonds is 7. The lowest BCUT2D eigenvalue weighted by atomic mass is 10.2. The van der Waals surface area contributed by atoms with Gasteiger partial charge >= 0.3 is 0 Å². The Bertz CT molecular complexity index is 899. The second-order valence-electron chi connectivity index (χ2n) is 5.80. The van der Waals surface area contributed by atoms with Crippen LogP contribution in [0.15, 0.2) is 52.4 Å². The molecular weight excluding hydrogens is 504 g/mol. The quantitative estimate of drug-likeness (QED) is 0.409. The third kappa shape index (κ3) is 6.13. The topological polar surface area (TPSA) is 98.5 Å². The van der Waals surface area contributed by atoms with Crippen molar-refractivity contribution < 1.29 is 9.57 Å². The molecular formula is C18H19BrCl3N5O2. The average Bonchev–Trinajstić information content (AvgIpc) is 2.67. The molecule has 1 heterocycles. The van der Waals surface area contributed by atoms with Gasteiger partial charge in [0.25, 0.3) is 0 Å². The summed E-state index contributed by atoms with van der Waals surface area (Å²) in [5.41, 5.74) is 12.6. The number of guanidine groups is 2. The maximum absolute atomic E-state index is 6.09. The third-order valence-electron chi connectivity index (χ3n) is 3.78. The highest BCUT2D eigenvalue weighted by Crippen LogP contribution is 2.34. The van der Waals surface area contributed by atoms with Crippen LogP contribution in [-0.2, 0) is 4.84 Å². The molecule has 29 heavy (non-hydrogen) atoms. The van der Waals surface area contributed by atoms with E-state index in [0.29, 0.717) is 40.5 Å². The Morgan fingerprint density at radius 1 is 0.966 bits per heavy atom. The molecule has 0 bridgehead atoms. The van der Waals surface area contributed by atoms with Crippen molar-refractivity contribution in [1.82, 2.24) is 5.06 Å². The number of nitrogens with zero attached hydrogens (tertiary/aromatic N) is 3. The SMILES string of the molecule is Br.NC1=NC(c2ccccc2)N(OCCCOc2cc(Cl)c(Cl)cc2Cl)C(N)=N1. The smallest absolute Gasteiger partial charge is 0.226 e. The number of nitrogens with two attached hydrogens (primary N) is 2. The third-order valence-corrected chi connectivity index (χ3v) is 4.80. The van der Waals surface area contributed by atoms with Crippen LogP contribution in [-0.4, -0.2) is 30.2 Å². The van der Waals surface area contributed by atoms with Crippen LogP contribution in [0, 0.1) is 0 Å². The lowest BCUT2D eigenvalue weighted by Crippen LogP contribution is -2.44. The summed E-state index contributed by atoms with van der Waals surface area (Å²) >= 11 is 18.0. The summed E-state index contributed by atoms with van der Waals surface area (Å²) < 4.78 is 5.63. The molecule has 1 aliphatic rings. The molecule has 2 aromatic rings. The average molecular weight is 524 g/mol. The van der Waals surface area contributed by atoms with Crippen molar-refractivity contribution in [2.75, 3.05) is 13.2 Å². The van der Waals surface area contributed by atoms with E-state index in [0.717, 1.165) is 5.56 Å². The Labute approximate surface area is 194 Å². The largest absolute Gasteiger partial charge is 0.492 e. The molecule has 0 fully saturated rings. The number of benzene rings is 2. The molecule has 2 aromatic carbocycles. The number of hydroxylamine groups is 2. The predicted molar refractivity (Wildman–Crippen MR) is 122 cm³/mol. The first-order chi connectivity index (χ1) is 13.5. The fourth-order valence-electron chi connectivity index (χ4n) is 2.49. The van der Waals surface area contributed by atoms with E-state index in [1.165, 1.54) is 11.1 Å². The first kappa shape index (κ1) is 23.6. The van der Waals surface area contributed by atoms with Gasteiger partial charge in [-0.25, -0.2) is 4.99 Å². The molecule has 11 heteroatoms. The maximum atomic E-state index is 6.09. The van der Waals surface area contributed by atoms with Gasteiger partial charge in [0.1, 0.15) is 5.75 Å². The summed E-state index contributed by atoms with van der Waals surface area (Å²) in [6.45, 7) is 0.665. The minimum atomic E-state index is -0.510. The van der Waals surface area contributed by atoms with Gasteiger partial charge < -0.3 is 16.2 Å². The lowest BCUT2D eigenvalue weighted by Gasteiger charge is -2.31. The lowest BCUT2D eigenvalue weighted by molar-refractivity contribution is -0.132. The predicted octanol–water partition coefficient (Wildman–Crippen LogP) is 4.57. The normalized spacial score (nSPS) is 16.0. The van der Waals surface area contributed by atoms with Crippen LogP contribution in [0.25, 0.3) is 0 Å². The zero-order chi connectivity index (χ0) is 20.1. The highest BCUT2D eigenvalue weighted by Gasteiger charge is 2.27. The zero-order valence-corrected chi connectivity index (χ0v) is 19.1. The molecule has 0 saturated carbocycles. The van der Waals surface area contributed by atoms with Crippen LogP contribution in [0.5, 0.6) is 5.75 Å². The number of hydrogen-bond acceptors (Lipinski definition) is 7. The summed E-state index contributed by atoms with van der Waals surface area (Å²) in [5.74, 6) is 0.688. The minimum Gasteiger partial charge on any atom is -0.492 e. The molecule has 3 rings (SSSR count). The van der Waals surface area contributed by atoms with Crippen molar-refractivity contribution in [2.24, 2.45) is 21.5 Å². The summed E-state index contributed by atoms with van der Waals surface area (Å²) in [5, 5.41) is 2.55. The number of hydrogen-bond donors (Lipinski definition) is 2. The monoisotopic (exact) mass is 521 g/mol. The van der Waals surface area contributed by atoms with Gasteiger partial charge in [0.2, 0.25) is 11.9 Å². The van der Waals surface area contributed by atoms with Gasteiger partial charge in [-0.2, -0.15) is 10.1 Å². The zero-order valence-electron chi connectivity index (χ0n) is 15.1. The molecule has 1 unspecified atom stereocenters. The molecule has 1 atom stereocenters. The van der Waals surface area contributed by atoms with E-state index < -0.39 is 6.17 Å². The molecule has 0 spiro atoms. The van der Waals surface area contributed by atoms with Crippen molar-refractivity contribution in [2.45, 2.75) is 12.6 Å². The molecule has 156 valence electrons. The van der Waals surface area contributed by atoms with Crippen molar-refractivity contribution in [3.8, 4) is 5.75 Å². The molecule has 0 radical (unpaired) electrons. The molecule has 0 aromatic heterocycles. The molecule has 4 N–H and O–H groups in total. The van der Waals surface area contributed by atoms with Crippen LogP contribution < -0.4 is 16.2 Å². The fourth-order valence-corrected chi connectivity index (χ4v) is 3.08. The highest BCUT2D eigenvalue weighted by atomic mass is 79.9. The standard InChI is InChI=1S/C18H18Cl3N5O2.BrH/c19-12-9-14(21)15(10-13(12)20)27-7-4-8-28-26-16(11-5-2-1-3-6-11)24-17(22)25-18(26)23;/h1-3,5-6,9-10,16H,4,7-8H2,(H4,22,23,24,25);1H. The highest BCUT2D eigenvalue weighted by molar-refractivity contribution is 8.93. The van der Waals surface area contributed by atoms with Gasteiger partial charge in [0, 0.05) is 12.5 Å². The van der Waals surface area contributed by atoms with Gasteiger partial charge in [-0.1, -0.05) is 65.1 Å². The minimum absolute atomic E-state index is 0. The van der Waals surface area contributed by atoms with E-state index in [4.69, 9.17) is 55.8 Å². The number of halogens is 4. The molecule has 1 aliphatic heterocycles. The summed E-state index contributed by atoms with van der Waals surface area (Å²) in [6, 6.07) is 12.6. The van der Waals surface area contributed by atoms with Gasteiger partial charge in [-0.3, -0.25) is 4.84 Å². The maximum Gasteiger partial charge on any atom is 0.226 e. The second kappa shape index (κ2) is 10.9. The van der Waals surface area contributed by atoms with Crippen molar-refractivity contribution in [3.63, 3.8) is 0 Å². The first-order valence-electron chi connectivity index (χ1n) is 8.37. The van der Waals surface area contributed by atoms with Gasteiger partial charge in [0.15, 0.2) is 6.17 Å². The van der Waals surface area contributed by atoms with E-state index in [1.54, 1.807) is 6.07 Å². The van der Waals surface area contributed by atoms with E-state index in [-0.39, 0.29) is 28.9 Å². The number of aliphatic imine (C=N–C) groups is 2. The van der Waals surface area contributed by atoms with Gasteiger partial charge in [-0.15, -0.1) is 17.0 Å². The molecule has 0 saturated heterocycles. The van der Waals surface area contributed by atoms with Crippen molar-refractivity contribution in [1.29, 1.82) is 0 Å². The first-order valence-corrected chi connectivity index (χ1v) is 9.51. The molecule has 7 nitrogen and oxygen atoms in total. The van der Waals surface area contributed by atoms with Crippen molar-refractivity contribution >= 4 is 63.7 Å². The van der Waals surface area contributed by atoms with E-state index >= 15 is 0 Å². The van der Waals surface area contributed by atoms with E-state index in [2.05, 4.69) is 9.98 Å². The van der Waals surface area contributed by atoms with Gasteiger partial charge in [0.05, 0.1) is 28.3 Å². The molecule has 0 aliphatic carbocycles. The molecule has 0 amide bonds. The Morgan fingerprint density at radius 3 is 2.38 bits per heavy atom. The van der Waals surface area contributed by atoms with Crippen LogP contribution in [0.2, 0.25) is 15.1 Å². The Hall–Kier alpha value is -1.71. The van der Waals surface area contributed by atoms with Crippen LogP contribution >= 0.6 is 51.8 Å². The fraction of sp³-hybridized carbons (Fsp3) is 0.222. The van der Waals surface area contributed by atoms with Crippen LogP contribution in [0.1, 0.15) is 18.2 Å². The summed E-state index contributed by atoms with van der Waals surface area (Å²) in [6.07, 6.45) is 0.0465. The van der Waals surface area contributed by atoms with E-state index in [9.17, 15) is 0 Å². The van der Waals surface area contributed by atoms with Crippen LogP contribution in [0.3, 0.4) is 0 Å².